The van der Waals surface area contributed by atoms with Crippen LogP contribution in [0.2, 0.25) is 0 Å². The fourth-order valence-electron chi connectivity index (χ4n) is 4.56. The van der Waals surface area contributed by atoms with Crippen molar-refractivity contribution in [3.8, 4) is 0 Å². The van der Waals surface area contributed by atoms with Crippen LogP contribution in [-0.4, -0.2) is 36.3 Å². The number of carbonyl (C=O) groups excluding carboxylic acids is 2. The van der Waals surface area contributed by atoms with Gasteiger partial charge in [-0.05, 0) is 31.5 Å². The molecule has 0 aromatic rings. The Kier molecular flexibility index (Phi) is 28.9. The molecule has 0 aliphatic heterocycles. The molecular formula is C33H62O5S. The fourth-order valence-corrected chi connectivity index (χ4v) is 4.84. The van der Waals surface area contributed by atoms with Gasteiger partial charge in [-0.1, -0.05) is 136 Å². The molecule has 0 rings (SSSR count). The van der Waals surface area contributed by atoms with Gasteiger partial charge >= 0.3 is 11.9 Å². The summed E-state index contributed by atoms with van der Waals surface area (Å²) in [6, 6.07) is 0. The minimum Gasteiger partial charge on any atom is -0.477 e. The third kappa shape index (κ3) is 28.2. The van der Waals surface area contributed by atoms with Crippen molar-refractivity contribution >= 4 is 29.2 Å². The molecule has 0 aromatic carbocycles. The van der Waals surface area contributed by atoms with Crippen LogP contribution in [0.1, 0.15) is 175 Å². The number of thiocarbonyl (C=S) groups is 1. The zero-order chi connectivity index (χ0) is 28.8. The number of unbranched alkanes of at least 4 members (excludes halogenated alkanes) is 18. The number of carbonyl (C=O) groups is 2. The Bertz CT molecular complexity index is 550. The molecular weight excluding hydrogens is 508 g/mol. The third-order valence-electron chi connectivity index (χ3n) is 7.11. The Labute approximate surface area is 246 Å². The van der Waals surface area contributed by atoms with Gasteiger partial charge in [-0.25, -0.2) is 0 Å². The van der Waals surface area contributed by atoms with Crippen molar-refractivity contribution in [2.45, 2.75) is 181 Å². The van der Waals surface area contributed by atoms with Crippen molar-refractivity contribution in [3.05, 3.63) is 0 Å². The Hall–Kier alpha value is -1.17. The molecule has 6 heteroatoms. The Morgan fingerprint density at radius 2 is 0.795 bits per heavy atom. The van der Waals surface area contributed by atoms with Crippen LogP contribution in [0.4, 0.5) is 0 Å². The molecule has 0 heterocycles. The number of esters is 2. The summed E-state index contributed by atoms with van der Waals surface area (Å²) >= 11 is 5.48. The van der Waals surface area contributed by atoms with E-state index in [1.54, 1.807) is 0 Å². The summed E-state index contributed by atoms with van der Waals surface area (Å²) in [6.45, 7) is 6.74. The van der Waals surface area contributed by atoms with Gasteiger partial charge in [-0.15, -0.1) is 0 Å². The lowest BCUT2D eigenvalue weighted by Crippen LogP contribution is -2.30. The number of rotatable bonds is 29. The van der Waals surface area contributed by atoms with Crippen LogP contribution < -0.4 is 0 Å². The summed E-state index contributed by atoms with van der Waals surface area (Å²) in [5.41, 5.74) is 0. The highest BCUT2D eigenvalue weighted by Crippen LogP contribution is 2.14. The highest BCUT2D eigenvalue weighted by atomic mass is 32.1. The maximum atomic E-state index is 12.2. The van der Waals surface area contributed by atoms with E-state index >= 15 is 0 Å². The molecule has 0 saturated carbocycles. The van der Waals surface area contributed by atoms with Crippen LogP contribution in [0.25, 0.3) is 0 Å². The first-order chi connectivity index (χ1) is 19.0. The lowest BCUT2D eigenvalue weighted by atomic mass is 10.1. The molecule has 5 nitrogen and oxygen atoms in total. The lowest BCUT2D eigenvalue weighted by Gasteiger charge is -2.19. The summed E-state index contributed by atoms with van der Waals surface area (Å²) < 4.78 is 16.9. The molecule has 230 valence electrons. The van der Waals surface area contributed by atoms with Crippen LogP contribution in [-0.2, 0) is 23.8 Å². The molecule has 0 aliphatic carbocycles. The van der Waals surface area contributed by atoms with Crippen molar-refractivity contribution in [2.24, 2.45) is 0 Å². The van der Waals surface area contributed by atoms with E-state index in [9.17, 15) is 9.59 Å². The van der Waals surface area contributed by atoms with Gasteiger partial charge in [0, 0.05) is 19.3 Å². The monoisotopic (exact) mass is 570 g/mol. The van der Waals surface area contributed by atoms with Crippen molar-refractivity contribution in [1.29, 1.82) is 0 Å². The van der Waals surface area contributed by atoms with Crippen molar-refractivity contribution in [3.63, 3.8) is 0 Å². The average Bonchev–Trinajstić information content (AvgIpc) is 2.93. The minimum absolute atomic E-state index is 0.0654. The molecule has 0 spiro atoms. The van der Waals surface area contributed by atoms with E-state index in [-0.39, 0.29) is 25.2 Å². The van der Waals surface area contributed by atoms with E-state index < -0.39 is 6.10 Å². The number of ether oxygens (including phenoxy) is 3. The van der Waals surface area contributed by atoms with Crippen LogP contribution >= 0.6 is 12.2 Å². The average molecular weight is 571 g/mol. The van der Waals surface area contributed by atoms with Gasteiger partial charge in [-0.3, -0.25) is 9.59 Å². The Balaban J connectivity index is 4.28. The topological polar surface area (TPSA) is 61.8 Å². The molecule has 0 aliphatic rings. The van der Waals surface area contributed by atoms with Gasteiger partial charge in [-0.2, -0.15) is 0 Å². The second-order valence-corrected chi connectivity index (χ2v) is 11.5. The maximum Gasteiger partial charge on any atom is 0.305 e. The molecule has 0 fully saturated rings. The Morgan fingerprint density at radius 1 is 0.487 bits per heavy atom. The van der Waals surface area contributed by atoms with Gasteiger partial charge in [0.2, 0.25) is 0 Å². The number of hydrogen-bond donors (Lipinski definition) is 0. The van der Waals surface area contributed by atoms with Crippen molar-refractivity contribution < 1.29 is 23.8 Å². The van der Waals surface area contributed by atoms with Crippen molar-refractivity contribution in [2.75, 3.05) is 13.2 Å². The van der Waals surface area contributed by atoms with E-state index in [1.165, 1.54) is 83.5 Å². The van der Waals surface area contributed by atoms with E-state index in [1.807, 2.05) is 0 Å². The highest BCUT2D eigenvalue weighted by Gasteiger charge is 2.18. The predicted molar refractivity (Wildman–Crippen MR) is 167 cm³/mol. The van der Waals surface area contributed by atoms with E-state index in [0.29, 0.717) is 24.3 Å². The van der Waals surface area contributed by atoms with E-state index in [2.05, 4.69) is 20.8 Å². The second kappa shape index (κ2) is 29.8. The normalized spacial score (nSPS) is 11.1. The smallest absolute Gasteiger partial charge is 0.305 e. The van der Waals surface area contributed by atoms with Crippen LogP contribution in [0.15, 0.2) is 0 Å². The van der Waals surface area contributed by atoms with E-state index in [0.717, 1.165) is 51.4 Å². The number of hydrogen-bond acceptors (Lipinski definition) is 6. The molecule has 39 heavy (non-hydrogen) atoms. The molecule has 0 aromatic heterocycles. The molecule has 0 unspecified atom stereocenters. The Morgan fingerprint density at radius 3 is 1.15 bits per heavy atom. The first-order valence-electron chi connectivity index (χ1n) is 16.5. The summed E-state index contributed by atoms with van der Waals surface area (Å²) in [4.78, 5) is 24.4. The largest absolute Gasteiger partial charge is 0.477 e. The molecule has 0 saturated heterocycles. The first-order valence-corrected chi connectivity index (χ1v) is 16.9. The van der Waals surface area contributed by atoms with Crippen LogP contribution in [0.3, 0.4) is 0 Å². The fraction of sp³-hybridized carbons (Fsp3) is 0.909. The highest BCUT2D eigenvalue weighted by molar-refractivity contribution is 7.80. The van der Waals surface area contributed by atoms with Gasteiger partial charge in [0.1, 0.15) is 13.2 Å². The summed E-state index contributed by atoms with van der Waals surface area (Å²) in [5, 5.41) is 0.516. The van der Waals surface area contributed by atoms with Gasteiger partial charge < -0.3 is 14.2 Å². The predicted octanol–water partition coefficient (Wildman–Crippen LogP) is 10.2. The quantitative estimate of drug-likeness (QED) is 0.0506. The van der Waals surface area contributed by atoms with Gasteiger partial charge in [0.15, 0.2) is 11.2 Å². The lowest BCUT2D eigenvalue weighted by molar-refractivity contribution is -0.151. The van der Waals surface area contributed by atoms with E-state index in [4.69, 9.17) is 26.4 Å². The molecule has 0 N–H and O–H groups in total. The van der Waals surface area contributed by atoms with Crippen LogP contribution in [0.5, 0.6) is 0 Å². The van der Waals surface area contributed by atoms with Crippen LogP contribution in [0, 0.1) is 0 Å². The standard InChI is InChI=1S/C33H62O5S/c1-4-7-10-13-14-15-16-17-18-21-24-27-33(39)38-30(28-36-31(34)25-22-19-11-8-5-2)29-37-32(35)26-23-20-12-9-6-3/h30H,4-29H2,1-3H3. The second-order valence-electron chi connectivity index (χ2n) is 11.1. The molecule has 0 radical (unpaired) electrons. The summed E-state index contributed by atoms with van der Waals surface area (Å²) in [7, 11) is 0. The summed E-state index contributed by atoms with van der Waals surface area (Å²) in [6.07, 6.45) is 25.9. The molecule has 0 bridgehead atoms. The van der Waals surface area contributed by atoms with Gasteiger partial charge in [0.05, 0.1) is 0 Å². The maximum absolute atomic E-state index is 12.2. The zero-order valence-electron chi connectivity index (χ0n) is 25.9. The first kappa shape index (κ1) is 37.8. The SMILES string of the molecule is CCCCCCCCCCCCCC(=S)OC(COC(=O)CCCCCCC)COC(=O)CCCCCCC. The minimum atomic E-state index is -0.543. The molecule has 0 atom stereocenters. The van der Waals surface area contributed by atoms with Gasteiger partial charge in [0.25, 0.3) is 0 Å². The third-order valence-corrected chi connectivity index (χ3v) is 7.41. The zero-order valence-corrected chi connectivity index (χ0v) is 26.7. The summed E-state index contributed by atoms with van der Waals surface area (Å²) in [5.74, 6) is -0.447. The van der Waals surface area contributed by atoms with Crippen molar-refractivity contribution in [1.82, 2.24) is 0 Å². The molecule has 0 amide bonds.